The number of hydrogen-bond donors (Lipinski definition) is 1. The molecule has 0 saturated carbocycles. The van der Waals surface area contributed by atoms with Crippen molar-refractivity contribution in [1.82, 2.24) is 9.88 Å². The van der Waals surface area contributed by atoms with Gasteiger partial charge in [-0.1, -0.05) is 18.2 Å². The van der Waals surface area contributed by atoms with E-state index in [1.807, 2.05) is 42.5 Å². The van der Waals surface area contributed by atoms with Crippen LogP contribution in [-0.4, -0.2) is 47.3 Å². The van der Waals surface area contributed by atoms with Crippen LogP contribution in [0, 0.1) is 11.3 Å². The average molecular weight is 368 g/mol. The first kappa shape index (κ1) is 17.9. The fourth-order valence-electron chi connectivity index (χ4n) is 4.10. The maximum atomic E-state index is 11.9. The van der Waals surface area contributed by atoms with Crippen molar-refractivity contribution in [2.24, 2.45) is 11.3 Å². The highest BCUT2D eigenvalue weighted by Gasteiger charge is 2.53. The fraction of sp³-hybridized carbons (Fsp3) is 0.429. The Morgan fingerprint density at radius 1 is 1.30 bits per heavy atom. The second-order valence-corrected chi connectivity index (χ2v) is 7.42. The Labute approximate surface area is 158 Å². The van der Waals surface area contributed by atoms with E-state index in [9.17, 15) is 9.90 Å². The summed E-state index contributed by atoms with van der Waals surface area (Å²) in [6.07, 6.45) is 2.58. The van der Waals surface area contributed by atoms with Gasteiger partial charge in [0.05, 0.1) is 12.3 Å². The van der Waals surface area contributed by atoms with Gasteiger partial charge in [-0.3, -0.25) is 14.7 Å². The van der Waals surface area contributed by atoms with Crippen LogP contribution < -0.4 is 4.74 Å². The van der Waals surface area contributed by atoms with Crippen molar-refractivity contribution in [3.05, 3.63) is 59.9 Å². The first-order valence-electron chi connectivity index (χ1n) is 9.31. The van der Waals surface area contributed by atoms with E-state index in [0.29, 0.717) is 26.4 Å². The molecule has 2 aliphatic heterocycles. The lowest BCUT2D eigenvalue weighted by Gasteiger charge is -2.34. The van der Waals surface area contributed by atoms with Gasteiger partial charge in [-0.15, -0.1) is 0 Å². The summed E-state index contributed by atoms with van der Waals surface area (Å²) in [5.74, 6) is 0.243. The number of carboxylic acids is 1. The number of aromatic nitrogens is 1. The summed E-state index contributed by atoms with van der Waals surface area (Å²) in [7, 11) is 0. The number of likely N-dealkylation sites (tertiary alicyclic amines) is 1. The molecular formula is C21H24N2O4. The van der Waals surface area contributed by atoms with Gasteiger partial charge >= 0.3 is 5.97 Å². The van der Waals surface area contributed by atoms with E-state index in [2.05, 4.69) is 9.88 Å². The zero-order chi connectivity index (χ0) is 18.7. The molecule has 1 aromatic heterocycles. The van der Waals surface area contributed by atoms with Crippen LogP contribution in [0.4, 0.5) is 0 Å². The highest BCUT2D eigenvalue weighted by atomic mass is 16.5. The standard InChI is InChI=1S/C21H24N2O4/c24-20(25)21-14-23(12-17(21)8-10-26-15-21)11-16-4-6-19(7-5-16)27-13-18-3-1-2-9-22-18/h1-7,9,17H,8,10-15H2,(H,24,25)/t17-,21+/m0/s1. The SMILES string of the molecule is O=C(O)[C@]12COCC[C@H]1CN(Cc1ccc(OCc3ccccn3)cc1)C2. The molecule has 0 unspecified atom stereocenters. The zero-order valence-corrected chi connectivity index (χ0v) is 15.2. The van der Waals surface area contributed by atoms with Crippen molar-refractivity contribution in [3.63, 3.8) is 0 Å². The van der Waals surface area contributed by atoms with E-state index < -0.39 is 11.4 Å². The summed E-state index contributed by atoms with van der Waals surface area (Å²) in [5.41, 5.74) is 1.30. The van der Waals surface area contributed by atoms with Crippen molar-refractivity contribution < 1.29 is 19.4 Å². The normalized spacial score (nSPS) is 25.1. The molecule has 4 rings (SSSR count). The van der Waals surface area contributed by atoms with Crippen molar-refractivity contribution in [1.29, 1.82) is 0 Å². The van der Waals surface area contributed by atoms with Crippen LogP contribution in [0.2, 0.25) is 0 Å². The van der Waals surface area contributed by atoms with Gasteiger partial charge in [0.2, 0.25) is 0 Å². The zero-order valence-electron chi connectivity index (χ0n) is 15.2. The van der Waals surface area contributed by atoms with Gasteiger partial charge in [0.25, 0.3) is 0 Å². The summed E-state index contributed by atoms with van der Waals surface area (Å²) in [5, 5.41) is 9.74. The molecule has 1 aromatic carbocycles. The molecule has 0 bridgehead atoms. The second-order valence-electron chi connectivity index (χ2n) is 7.42. The highest BCUT2D eigenvalue weighted by Crippen LogP contribution is 2.42. The fourth-order valence-corrected chi connectivity index (χ4v) is 4.10. The Hall–Kier alpha value is -2.44. The van der Waals surface area contributed by atoms with Gasteiger partial charge in [-0.05, 0) is 42.2 Å². The molecule has 0 aliphatic carbocycles. The lowest BCUT2D eigenvalue weighted by atomic mass is 9.76. The summed E-state index contributed by atoms with van der Waals surface area (Å²) >= 11 is 0. The van der Waals surface area contributed by atoms with Crippen LogP contribution in [0.25, 0.3) is 0 Å². The Kier molecular flexibility index (Phi) is 5.09. The van der Waals surface area contributed by atoms with E-state index in [0.717, 1.165) is 36.5 Å². The number of carboxylic acid groups (broad SMARTS) is 1. The largest absolute Gasteiger partial charge is 0.487 e. The topological polar surface area (TPSA) is 71.9 Å². The van der Waals surface area contributed by atoms with Crippen molar-refractivity contribution >= 4 is 5.97 Å². The monoisotopic (exact) mass is 368 g/mol. The van der Waals surface area contributed by atoms with Gasteiger partial charge in [0.15, 0.2) is 0 Å². The number of fused-ring (bicyclic) bond motifs is 1. The van der Waals surface area contributed by atoms with Gasteiger partial charge in [0.1, 0.15) is 17.8 Å². The molecule has 2 atom stereocenters. The number of benzene rings is 1. The second kappa shape index (κ2) is 7.66. The molecule has 0 spiro atoms. The molecule has 6 heteroatoms. The van der Waals surface area contributed by atoms with Crippen LogP contribution in [0.5, 0.6) is 5.75 Å². The lowest BCUT2D eigenvalue weighted by Crippen LogP contribution is -2.46. The number of nitrogens with zero attached hydrogens (tertiary/aromatic N) is 2. The number of rotatable bonds is 6. The van der Waals surface area contributed by atoms with Crippen molar-refractivity contribution in [3.8, 4) is 5.75 Å². The predicted molar refractivity (Wildman–Crippen MR) is 99.3 cm³/mol. The quantitative estimate of drug-likeness (QED) is 0.845. The van der Waals surface area contributed by atoms with E-state index >= 15 is 0 Å². The third-order valence-corrected chi connectivity index (χ3v) is 5.60. The third kappa shape index (κ3) is 3.82. The molecule has 3 heterocycles. The Bertz CT molecular complexity index is 781. The summed E-state index contributed by atoms with van der Waals surface area (Å²) in [6.45, 7) is 3.53. The minimum atomic E-state index is -0.746. The maximum Gasteiger partial charge on any atom is 0.313 e. The Balaban J connectivity index is 1.35. The van der Waals surface area contributed by atoms with Gasteiger partial charge in [-0.25, -0.2) is 0 Å². The van der Waals surface area contributed by atoms with E-state index in [-0.39, 0.29) is 5.92 Å². The molecule has 2 aliphatic rings. The first-order valence-corrected chi connectivity index (χ1v) is 9.31. The summed E-state index contributed by atoms with van der Waals surface area (Å²) in [6, 6.07) is 13.8. The average Bonchev–Trinajstić information content (AvgIpc) is 3.08. The predicted octanol–water partition coefficient (Wildman–Crippen LogP) is 2.58. The van der Waals surface area contributed by atoms with Gasteiger partial charge in [-0.2, -0.15) is 0 Å². The van der Waals surface area contributed by atoms with Crippen molar-refractivity contribution in [2.45, 2.75) is 19.6 Å². The molecular weight excluding hydrogens is 344 g/mol. The number of hydrogen-bond acceptors (Lipinski definition) is 5. The van der Waals surface area contributed by atoms with E-state index in [1.54, 1.807) is 6.20 Å². The number of carbonyl (C=O) groups is 1. The summed E-state index contributed by atoms with van der Waals surface area (Å²) < 4.78 is 11.3. The first-order chi connectivity index (χ1) is 13.2. The lowest BCUT2D eigenvalue weighted by molar-refractivity contribution is -0.159. The highest BCUT2D eigenvalue weighted by molar-refractivity contribution is 5.76. The molecule has 6 nitrogen and oxygen atoms in total. The molecule has 142 valence electrons. The van der Waals surface area contributed by atoms with Crippen LogP contribution in [-0.2, 0) is 22.7 Å². The molecule has 27 heavy (non-hydrogen) atoms. The number of ether oxygens (including phenoxy) is 2. The summed E-state index contributed by atoms with van der Waals surface area (Å²) in [4.78, 5) is 18.3. The Morgan fingerprint density at radius 3 is 2.85 bits per heavy atom. The number of aliphatic carboxylic acids is 1. The van der Waals surface area contributed by atoms with Crippen LogP contribution in [0.1, 0.15) is 17.7 Å². The minimum Gasteiger partial charge on any atom is -0.487 e. The Morgan fingerprint density at radius 2 is 2.15 bits per heavy atom. The van der Waals surface area contributed by atoms with Gasteiger partial charge < -0.3 is 14.6 Å². The molecule has 1 N–H and O–H groups in total. The molecule has 0 radical (unpaired) electrons. The van der Waals surface area contributed by atoms with E-state index in [4.69, 9.17) is 9.47 Å². The third-order valence-electron chi connectivity index (χ3n) is 5.60. The maximum absolute atomic E-state index is 11.9. The van der Waals surface area contributed by atoms with Crippen LogP contribution >= 0.6 is 0 Å². The molecule has 2 saturated heterocycles. The smallest absolute Gasteiger partial charge is 0.313 e. The number of pyridine rings is 1. The van der Waals surface area contributed by atoms with Crippen molar-refractivity contribution in [2.75, 3.05) is 26.3 Å². The minimum absolute atomic E-state index is 0.171. The molecule has 0 amide bonds. The van der Waals surface area contributed by atoms with Gasteiger partial charge in [0, 0.05) is 32.4 Å². The van der Waals surface area contributed by atoms with Crippen LogP contribution in [0.3, 0.4) is 0 Å². The van der Waals surface area contributed by atoms with E-state index in [1.165, 1.54) is 0 Å². The van der Waals surface area contributed by atoms with Crippen LogP contribution in [0.15, 0.2) is 48.7 Å². The molecule has 2 aromatic rings. The molecule has 2 fully saturated rings.